The molecular weight excluding hydrogens is 249 g/mol. The molecule has 1 aliphatic heterocycles. The second kappa shape index (κ2) is 5.76. The van der Waals surface area contributed by atoms with E-state index in [4.69, 9.17) is 0 Å². The summed E-state index contributed by atoms with van der Waals surface area (Å²) in [6.45, 7) is 4.18. The van der Waals surface area contributed by atoms with E-state index in [1.54, 1.807) is 6.07 Å². The highest BCUT2D eigenvalue weighted by atomic mass is 19.1. The molecule has 0 radical (unpaired) electrons. The van der Waals surface area contributed by atoms with Crippen molar-refractivity contribution in [3.63, 3.8) is 0 Å². The maximum absolute atomic E-state index is 13.6. The van der Waals surface area contributed by atoms with Gasteiger partial charge in [-0.2, -0.15) is 0 Å². The molecule has 1 aliphatic rings. The van der Waals surface area contributed by atoms with Crippen LogP contribution in [0.3, 0.4) is 0 Å². The summed E-state index contributed by atoms with van der Waals surface area (Å²) in [6, 6.07) is 15.7. The molecule has 0 spiro atoms. The molecule has 0 saturated carbocycles. The molecule has 1 N–H and O–H groups in total. The first kappa shape index (κ1) is 13.3. The van der Waals surface area contributed by atoms with Crippen molar-refractivity contribution in [2.45, 2.75) is 19.3 Å². The maximum Gasteiger partial charge on any atom is 0.123 e. The Kier molecular flexibility index (Phi) is 3.83. The van der Waals surface area contributed by atoms with E-state index in [9.17, 15) is 4.39 Å². The van der Waals surface area contributed by atoms with Gasteiger partial charge >= 0.3 is 0 Å². The minimum Gasteiger partial charge on any atom is -0.316 e. The fraction of sp³-hybridized carbons (Fsp3) is 0.333. The van der Waals surface area contributed by atoms with Gasteiger partial charge < -0.3 is 5.32 Å². The van der Waals surface area contributed by atoms with E-state index in [2.05, 4.69) is 42.6 Å². The van der Waals surface area contributed by atoms with Crippen LogP contribution in [0.25, 0.3) is 0 Å². The summed E-state index contributed by atoms with van der Waals surface area (Å²) in [6.07, 6.45) is 1.15. The SMILES string of the molecule is Cc1cccc(C(c2cccc(F)c2)C2CCNC2)c1. The highest BCUT2D eigenvalue weighted by molar-refractivity contribution is 5.36. The Morgan fingerprint density at radius 1 is 1.10 bits per heavy atom. The van der Waals surface area contributed by atoms with E-state index in [0.29, 0.717) is 5.92 Å². The van der Waals surface area contributed by atoms with Gasteiger partial charge in [0.05, 0.1) is 0 Å². The summed E-state index contributed by atoms with van der Waals surface area (Å²) >= 11 is 0. The predicted octanol–water partition coefficient (Wildman–Crippen LogP) is 3.88. The molecule has 1 nitrogen and oxygen atoms in total. The van der Waals surface area contributed by atoms with E-state index < -0.39 is 0 Å². The lowest BCUT2D eigenvalue weighted by atomic mass is 9.80. The van der Waals surface area contributed by atoms with Gasteiger partial charge in [-0.25, -0.2) is 4.39 Å². The number of aryl methyl sites for hydroxylation is 1. The van der Waals surface area contributed by atoms with E-state index in [1.165, 1.54) is 17.2 Å². The fourth-order valence-corrected chi connectivity index (χ4v) is 3.26. The maximum atomic E-state index is 13.6. The van der Waals surface area contributed by atoms with Crippen LogP contribution in [0.5, 0.6) is 0 Å². The van der Waals surface area contributed by atoms with Crippen LogP contribution < -0.4 is 5.32 Å². The van der Waals surface area contributed by atoms with Crippen molar-refractivity contribution < 1.29 is 4.39 Å². The van der Waals surface area contributed by atoms with Crippen LogP contribution in [0.1, 0.15) is 29.0 Å². The van der Waals surface area contributed by atoms with E-state index in [0.717, 1.165) is 25.1 Å². The number of rotatable bonds is 3. The quantitative estimate of drug-likeness (QED) is 0.891. The molecule has 2 aromatic carbocycles. The summed E-state index contributed by atoms with van der Waals surface area (Å²) in [5, 5.41) is 3.43. The van der Waals surface area contributed by atoms with E-state index >= 15 is 0 Å². The van der Waals surface area contributed by atoms with E-state index in [-0.39, 0.29) is 11.7 Å². The topological polar surface area (TPSA) is 12.0 Å². The summed E-state index contributed by atoms with van der Waals surface area (Å²) in [5.74, 6) is 0.672. The first-order valence-corrected chi connectivity index (χ1v) is 7.27. The van der Waals surface area contributed by atoms with Crippen LogP contribution in [-0.2, 0) is 0 Å². The monoisotopic (exact) mass is 269 g/mol. The van der Waals surface area contributed by atoms with Crippen molar-refractivity contribution >= 4 is 0 Å². The van der Waals surface area contributed by atoms with Crippen molar-refractivity contribution in [2.75, 3.05) is 13.1 Å². The minimum atomic E-state index is -0.147. The van der Waals surface area contributed by atoms with Crippen molar-refractivity contribution in [3.8, 4) is 0 Å². The number of hydrogen-bond acceptors (Lipinski definition) is 1. The van der Waals surface area contributed by atoms with Gasteiger partial charge in [-0.3, -0.25) is 0 Å². The lowest BCUT2D eigenvalue weighted by molar-refractivity contribution is 0.508. The van der Waals surface area contributed by atoms with Crippen LogP contribution in [0.4, 0.5) is 4.39 Å². The molecule has 2 unspecified atom stereocenters. The first-order chi connectivity index (χ1) is 9.74. The lowest BCUT2D eigenvalue weighted by Gasteiger charge is -2.24. The molecule has 2 heteroatoms. The molecule has 2 atom stereocenters. The molecule has 0 amide bonds. The highest BCUT2D eigenvalue weighted by Gasteiger charge is 2.27. The Morgan fingerprint density at radius 2 is 1.85 bits per heavy atom. The second-order valence-corrected chi connectivity index (χ2v) is 5.70. The van der Waals surface area contributed by atoms with Crippen LogP contribution in [-0.4, -0.2) is 13.1 Å². The molecule has 20 heavy (non-hydrogen) atoms. The predicted molar refractivity (Wildman–Crippen MR) is 80.4 cm³/mol. The molecule has 1 fully saturated rings. The molecule has 0 aliphatic carbocycles. The number of halogens is 1. The number of benzene rings is 2. The molecule has 0 aromatic heterocycles. The largest absolute Gasteiger partial charge is 0.316 e. The van der Waals surface area contributed by atoms with Gasteiger partial charge in [0.2, 0.25) is 0 Å². The van der Waals surface area contributed by atoms with Crippen LogP contribution >= 0.6 is 0 Å². The van der Waals surface area contributed by atoms with Gasteiger partial charge in [0.25, 0.3) is 0 Å². The van der Waals surface area contributed by atoms with Gasteiger partial charge in [-0.15, -0.1) is 0 Å². The smallest absolute Gasteiger partial charge is 0.123 e. The van der Waals surface area contributed by atoms with E-state index in [1.807, 2.05) is 6.07 Å². The van der Waals surface area contributed by atoms with Gasteiger partial charge in [0.15, 0.2) is 0 Å². The van der Waals surface area contributed by atoms with Gasteiger partial charge in [-0.1, -0.05) is 42.0 Å². The molecule has 2 aromatic rings. The number of hydrogen-bond donors (Lipinski definition) is 1. The first-order valence-electron chi connectivity index (χ1n) is 7.27. The zero-order chi connectivity index (χ0) is 13.9. The molecule has 104 valence electrons. The van der Waals surface area contributed by atoms with Gasteiger partial charge in [-0.05, 0) is 55.6 Å². The Hall–Kier alpha value is -1.67. The van der Waals surface area contributed by atoms with Gasteiger partial charge in [0.1, 0.15) is 5.82 Å². The Balaban J connectivity index is 2.03. The molecule has 0 bridgehead atoms. The summed E-state index contributed by atoms with van der Waals surface area (Å²) in [7, 11) is 0. The second-order valence-electron chi connectivity index (χ2n) is 5.70. The Bertz CT molecular complexity index is 542. The van der Waals surface area contributed by atoms with Crippen molar-refractivity contribution in [3.05, 3.63) is 71.0 Å². The molecule has 1 heterocycles. The molecule has 3 rings (SSSR count). The molecular formula is C18H20FN. The summed E-state index contributed by atoms with van der Waals surface area (Å²) < 4.78 is 13.6. The highest BCUT2D eigenvalue weighted by Crippen LogP contribution is 2.35. The van der Waals surface area contributed by atoms with Gasteiger partial charge in [0, 0.05) is 5.92 Å². The summed E-state index contributed by atoms with van der Waals surface area (Å²) in [4.78, 5) is 0. The average Bonchev–Trinajstić information content (AvgIpc) is 2.93. The molecule has 1 saturated heterocycles. The fourth-order valence-electron chi connectivity index (χ4n) is 3.26. The summed E-state index contributed by atoms with van der Waals surface area (Å²) in [5.41, 5.74) is 3.64. The van der Waals surface area contributed by atoms with Crippen molar-refractivity contribution in [1.82, 2.24) is 5.32 Å². The van der Waals surface area contributed by atoms with Crippen LogP contribution in [0.15, 0.2) is 48.5 Å². The third-order valence-electron chi connectivity index (χ3n) is 4.18. The standard InChI is InChI=1S/C18H20FN/c1-13-4-2-5-14(10-13)18(16-8-9-20-12-16)15-6-3-7-17(19)11-15/h2-7,10-11,16,18,20H,8-9,12H2,1H3. The zero-order valence-electron chi connectivity index (χ0n) is 11.8. The average molecular weight is 269 g/mol. The zero-order valence-corrected chi connectivity index (χ0v) is 11.8. The normalized spacial score (nSPS) is 20.0. The third-order valence-corrected chi connectivity index (χ3v) is 4.18. The Labute approximate surface area is 119 Å². The van der Waals surface area contributed by atoms with Crippen molar-refractivity contribution in [2.24, 2.45) is 5.92 Å². The van der Waals surface area contributed by atoms with Crippen LogP contribution in [0, 0.1) is 18.7 Å². The van der Waals surface area contributed by atoms with Crippen molar-refractivity contribution in [1.29, 1.82) is 0 Å². The number of nitrogens with one attached hydrogen (secondary N) is 1. The third kappa shape index (κ3) is 2.75. The minimum absolute atomic E-state index is 0.147. The van der Waals surface area contributed by atoms with Crippen LogP contribution in [0.2, 0.25) is 0 Å². The lowest BCUT2D eigenvalue weighted by Crippen LogP contribution is -2.18. The Morgan fingerprint density at radius 3 is 2.50 bits per heavy atom.